The average Bonchev–Trinajstić information content (AvgIpc) is 2.89. The molecular weight excluding hydrogens is 350 g/mol. The van der Waals surface area contributed by atoms with Crippen molar-refractivity contribution in [2.24, 2.45) is 5.73 Å². The number of hydrogen-bond donors (Lipinski definition) is 2. The van der Waals surface area contributed by atoms with Gasteiger partial charge in [0.05, 0.1) is 12.1 Å². The van der Waals surface area contributed by atoms with E-state index in [2.05, 4.69) is 15.2 Å². The third-order valence-electron chi connectivity index (χ3n) is 4.28. The zero-order chi connectivity index (χ0) is 18.5. The normalized spacial score (nSPS) is 14.8. The minimum absolute atomic E-state index is 0.105. The van der Waals surface area contributed by atoms with Gasteiger partial charge in [0.25, 0.3) is 0 Å². The summed E-state index contributed by atoms with van der Waals surface area (Å²) in [5, 5.41) is 5.97. The number of rotatable bonds is 4. The molecule has 1 aromatic carbocycles. The standard InChI is InChI=1S/C18H23N5O2S/c1-13-12-26-18(20-13)23-8-4-7-22(9-10-23)17(25)21-15-6-3-2-5-14(15)11-16(19)24/h2-3,5-6,12H,4,7-11H2,1H3,(H2,19,24)(H,21,25). The Bertz CT molecular complexity index is 791. The van der Waals surface area contributed by atoms with Crippen molar-refractivity contribution < 1.29 is 9.59 Å². The van der Waals surface area contributed by atoms with Crippen LogP contribution in [0.3, 0.4) is 0 Å². The van der Waals surface area contributed by atoms with Crippen LogP contribution in [0.25, 0.3) is 0 Å². The monoisotopic (exact) mass is 373 g/mol. The largest absolute Gasteiger partial charge is 0.369 e. The van der Waals surface area contributed by atoms with Gasteiger partial charge in [0.2, 0.25) is 5.91 Å². The average molecular weight is 373 g/mol. The van der Waals surface area contributed by atoms with Crippen LogP contribution in [0.2, 0.25) is 0 Å². The molecule has 0 aliphatic carbocycles. The highest BCUT2D eigenvalue weighted by Gasteiger charge is 2.21. The fourth-order valence-corrected chi connectivity index (χ4v) is 3.83. The zero-order valence-electron chi connectivity index (χ0n) is 14.8. The van der Waals surface area contributed by atoms with E-state index in [0.29, 0.717) is 18.8 Å². The number of aryl methyl sites for hydroxylation is 1. The number of amides is 3. The Hall–Kier alpha value is -2.61. The zero-order valence-corrected chi connectivity index (χ0v) is 15.6. The van der Waals surface area contributed by atoms with Crippen LogP contribution in [-0.4, -0.2) is 48.0 Å². The Kier molecular flexibility index (Phi) is 5.72. The predicted molar refractivity (Wildman–Crippen MR) is 104 cm³/mol. The maximum Gasteiger partial charge on any atom is 0.321 e. The number of thiazole rings is 1. The summed E-state index contributed by atoms with van der Waals surface area (Å²) in [6, 6.07) is 7.09. The van der Waals surface area contributed by atoms with Gasteiger partial charge in [-0.05, 0) is 25.0 Å². The highest BCUT2D eigenvalue weighted by molar-refractivity contribution is 7.13. The lowest BCUT2D eigenvalue weighted by molar-refractivity contribution is -0.117. The molecule has 3 rings (SSSR count). The second kappa shape index (κ2) is 8.18. The number of hydrogen-bond acceptors (Lipinski definition) is 5. The summed E-state index contributed by atoms with van der Waals surface area (Å²) < 4.78 is 0. The lowest BCUT2D eigenvalue weighted by Crippen LogP contribution is -2.38. The molecule has 0 atom stereocenters. The Morgan fingerprint density at radius 3 is 2.77 bits per heavy atom. The van der Waals surface area contributed by atoms with Crippen molar-refractivity contribution in [1.82, 2.24) is 9.88 Å². The summed E-state index contributed by atoms with van der Waals surface area (Å²) in [6.45, 7) is 4.94. The first-order valence-corrected chi connectivity index (χ1v) is 9.50. The maximum absolute atomic E-state index is 12.7. The van der Waals surface area contributed by atoms with Crippen molar-refractivity contribution in [1.29, 1.82) is 0 Å². The van der Waals surface area contributed by atoms with Crippen LogP contribution in [0, 0.1) is 6.92 Å². The van der Waals surface area contributed by atoms with E-state index in [1.54, 1.807) is 23.5 Å². The predicted octanol–water partition coefficient (Wildman–Crippen LogP) is 2.22. The van der Waals surface area contributed by atoms with E-state index in [1.165, 1.54) is 0 Å². The number of nitrogens with zero attached hydrogens (tertiary/aromatic N) is 3. The molecule has 0 bridgehead atoms. The maximum atomic E-state index is 12.7. The van der Waals surface area contributed by atoms with Crippen molar-refractivity contribution in [2.45, 2.75) is 19.8 Å². The van der Waals surface area contributed by atoms with Crippen molar-refractivity contribution in [3.63, 3.8) is 0 Å². The van der Waals surface area contributed by atoms with Gasteiger partial charge in [-0.15, -0.1) is 11.3 Å². The molecule has 0 spiro atoms. The van der Waals surface area contributed by atoms with E-state index in [0.717, 1.165) is 35.9 Å². The summed E-state index contributed by atoms with van der Waals surface area (Å²) in [5.74, 6) is -0.421. The number of benzene rings is 1. The van der Waals surface area contributed by atoms with Crippen molar-refractivity contribution >= 4 is 34.1 Å². The van der Waals surface area contributed by atoms with Crippen LogP contribution >= 0.6 is 11.3 Å². The summed E-state index contributed by atoms with van der Waals surface area (Å²) in [7, 11) is 0. The Labute approximate surface area is 156 Å². The molecule has 2 heterocycles. The molecular formula is C18H23N5O2S. The quantitative estimate of drug-likeness (QED) is 0.860. The number of anilines is 2. The third-order valence-corrected chi connectivity index (χ3v) is 5.30. The van der Waals surface area contributed by atoms with Gasteiger partial charge >= 0.3 is 6.03 Å². The topological polar surface area (TPSA) is 91.6 Å². The first-order valence-electron chi connectivity index (χ1n) is 8.62. The summed E-state index contributed by atoms with van der Waals surface area (Å²) in [5.41, 5.74) is 7.67. The van der Waals surface area contributed by atoms with E-state index >= 15 is 0 Å². The molecule has 7 nitrogen and oxygen atoms in total. The number of primary amides is 1. The number of urea groups is 1. The van der Waals surface area contributed by atoms with Gasteiger partial charge in [-0.25, -0.2) is 9.78 Å². The molecule has 1 aromatic heterocycles. The number of carbonyl (C=O) groups excluding carboxylic acids is 2. The molecule has 26 heavy (non-hydrogen) atoms. The summed E-state index contributed by atoms with van der Waals surface area (Å²) in [6.07, 6.45) is 0.989. The van der Waals surface area contributed by atoms with Crippen molar-refractivity contribution in [2.75, 3.05) is 36.4 Å². The van der Waals surface area contributed by atoms with Gasteiger partial charge in [0.15, 0.2) is 5.13 Å². The van der Waals surface area contributed by atoms with Gasteiger partial charge in [0.1, 0.15) is 0 Å². The van der Waals surface area contributed by atoms with Gasteiger partial charge in [-0.3, -0.25) is 4.79 Å². The molecule has 0 unspecified atom stereocenters. The Balaban J connectivity index is 1.63. The highest BCUT2D eigenvalue weighted by Crippen LogP contribution is 2.22. The molecule has 1 fully saturated rings. The van der Waals surface area contributed by atoms with Crippen molar-refractivity contribution in [3.05, 3.63) is 40.9 Å². The number of nitrogens with two attached hydrogens (primary N) is 1. The van der Waals surface area contributed by atoms with Crippen molar-refractivity contribution in [3.8, 4) is 0 Å². The van der Waals surface area contributed by atoms with Crippen LogP contribution in [0.15, 0.2) is 29.6 Å². The molecule has 138 valence electrons. The van der Waals surface area contributed by atoms with E-state index in [4.69, 9.17) is 5.73 Å². The van der Waals surface area contributed by atoms with Gasteiger partial charge in [-0.1, -0.05) is 18.2 Å². The molecule has 3 N–H and O–H groups in total. The number of carbonyl (C=O) groups is 2. The van der Waals surface area contributed by atoms with Crippen LogP contribution < -0.4 is 16.0 Å². The summed E-state index contributed by atoms with van der Waals surface area (Å²) >= 11 is 1.64. The molecule has 1 aliphatic heterocycles. The van der Waals surface area contributed by atoms with Crippen LogP contribution in [0.4, 0.5) is 15.6 Å². The van der Waals surface area contributed by atoms with Gasteiger partial charge in [0, 0.05) is 37.2 Å². The number of para-hydroxylation sites is 1. The minimum Gasteiger partial charge on any atom is -0.369 e. The molecule has 8 heteroatoms. The number of aromatic nitrogens is 1. The van der Waals surface area contributed by atoms with Gasteiger partial charge in [-0.2, -0.15) is 0 Å². The molecule has 2 aromatic rings. The third kappa shape index (κ3) is 4.51. The molecule has 0 saturated carbocycles. The molecule has 3 amide bonds. The molecule has 0 radical (unpaired) electrons. The van der Waals surface area contributed by atoms with E-state index in [1.807, 2.05) is 29.3 Å². The van der Waals surface area contributed by atoms with Crippen LogP contribution in [0.5, 0.6) is 0 Å². The minimum atomic E-state index is -0.421. The summed E-state index contributed by atoms with van der Waals surface area (Å²) in [4.78, 5) is 32.5. The molecule has 1 aliphatic rings. The second-order valence-corrected chi connectivity index (χ2v) is 7.17. The van der Waals surface area contributed by atoms with Gasteiger partial charge < -0.3 is 20.9 Å². The molecule has 1 saturated heterocycles. The second-order valence-electron chi connectivity index (χ2n) is 6.33. The smallest absolute Gasteiger partial charge is 0.321 e. The van der Waals surface area contributed by atoms with E-state index in [-0.39, 0.29) is 12.5 Å². The Morgan fingerprint density at radius 1 is 1.23 bits per heavy atom. The fourth-order valence-electron chi connectivity index (χ4n) is 2.98. The Morgan fingerprint density at radius 2 is 2.04 bits per heavy atom. The van der Waals surface area contributed by atoms with E-state index < -0.39 is 5.91 Å². The first-order chi connectivity index (χ1) is 12.5. The first kappa shape index (κ1) is 18.2. The van der Waals surface area contributed by atoms with Crippen LogP contribution in [-0.2, 0) is 11.2 Å². The lowest BCUT2D eigenvalue weighted by Gasteiger charge is -2.22. The number of nitrogens with one attached hydrogen (secondary N) is 1. The highest BCUT2D eigenvalue weighted by atomic mass is 32.1. The van der Waals surface area contributed by atoms with E-state index in [9.17, 15) is 9.59 Å². The SMILES string of the molecule is Cc1csc(N2CCCN(C(=O)Nc3ccccc3CC(N)=O)CC2)n1. The lowest BCUT2D eigenvalue weighted by atomic mass is 10.1. The fraction of sp³-hybridized carbons (Fsp3) is 0.389. The van der Waals surface area contributed by atoms with Crippen LogP contribution in [0.1, 0.15) is 17.7 Å².